The van der Waals surface area contributed by atoms with E-state index in [1.54, 1.807) is 24.7 Å². The van der Waals surface area contributed by atoms with Gasteiger partial charge < -0.3 is 4.74 Å². The van der Waals surface area contributed by atoms with Gasteiger partial charge in [0.05, 0.1) is 18.1 Å². The number of nitrogens with one attached hydrogen (secondary N) is 1. The summed E-state index contributed by atoms with van der Waals surface area (Å²) in [4.78, 5) is 8.39. The van der Waals surface area contributed by atoms with Crippen LogP contribution >= 0.6 is 0 Å². The van der Waals surface area contributed by atoms with E-state index in [4.69, 9.17) is 4.74 Å². The van der Waals surface area contributed by atoms with Crippen molar-refractivity contribution >= 4 is 10.0 Å². The minimum absolute atomic E-state index is 0.0143. The number of para-hydroxylation sites is 1. The Morgan fingerprint density at radius 1 is 1.00 bits per heavy atom. The molecule has 3 aromatic rings. The summed E-state index contributed by atoms with van der Waals surface area (Å²) in [5.41, 5.74) is 2.49. The van der Waals surface area contributed by atoms with Gasteiger partial charge in [-0.3, -0.25) is 9.97 Å². The first kappa shape index (κ1) is 19.0. The molecule has 3 rings (SSSR count). The number of aromatic nitrogens is 2. The van der Waals surface area contributed by atoms with Crippen molar-refractivity contribution in [3.05, 3.63) is 78.8 Å². The summed E-state index contributed by atoms with van der Waals surface area (Å²) in [6.45, 7) is 0.572. The molecule has 140 valence electrons. The second-order valence-electron chi connectivity index (χ2n) is 5.95. The van der Waals surface area contributed by atoms with Gasteiger partial charge in [-0.05, 0) is 48.4 Å². The molecule has 0 aliphatic heterocycles. The lowest BCUT2D eigenvalue weighted by molar-refractivity contribution is 0.317. The van der Waals surface area contributed by atoms with Gasteiger partial charge in [-0.1, -0.05) is 18.2 Å². The zero-order chi connectivity index (χ0) is 19.0. The minimum atomic E-state index is -3.37. The highest BCUT2D eigenvalue weighted by atomic mass is 32.2. The van der Waals surface area contributed by atoms with Crippen LogP contribution in [0.25, 0.3) is 11.3 Å². The normalized spacial score (nSPS) is 11.3. The highest BCUT2D eigenvalue weighted by molar-refractivity contribution is 7.89. The highest BCUT2D eigenvalue weighted by Gasteiger charge is 2.10. The predicted molar refractivity (Wildman–Crippen MR) is 105 cm³/mol. The maximum absolute atomic E-state index is 12.2. The van der Waals surface area contributed by atoms with E-state index in [0.717, 1.165) is 22.6 Å². The summed E-state index contributed by atoms with van der Waals surface area (Å²) in [5, 5.41) is 0. The molecular weight excluding hydrogens is 362 g/mol. The Labute approximate surface area is 159 Å². The highest BCUT2D eigenvalue weighted by Crippen LogP contribution is 2.16. The van der Waals surface area contributed by atoms with Gasteiger partial charge in [-0.2, -0.15) is 0 Å². The number of nitrogens with zero attached hydrogens (tertiary/aromatic N) is 2. The molecule has 0 saturated heterocycles. The van der Waals surface area contributed by atoms with Crippen LogP contribution in [0, 0.1) is 0 Å². The first-order valence-electron chi connectivity index (χ1n) is 8.63. The van der Waals surface area contributed by atoms with Gasteiger partial charge in [0.25, 0.3) is 0 Å². The van der Waals surface area contributed by atoms with Gasteiger partial charge in [0, 0.05) is 30.7 Å². The van der Waals surface area contributed by atoms with Crippen molar-refractivity contribution < 1.29 is 13.2 Å². The number of benzene rings is 1. The van der Waals surface area contributed by atoms with Crippen LogP contribution in [0.3, 0.4) is 0 Å². The van der Waals surface area contributed by atoms with E-state index in [1.165, 1.54) is 0 Å². The minimum Gasteiger partial charge on any atom is -0.494 e. The maximum atomic E-state index is 12.2. The molecule has 1 aromatic carbocycles. The Kier molecular flexibility index (Phi) is 6.51. The molecule has 2 heterocycles. The van der Waals surface area contributed by atoms with Gasteiger partial charge in [0.15, 0.2) is 0 Å². The van der Waals surface area contributed by atoms with Crippen LogP contribution in [0.5, 0.6) is 5.75 Å². The van der Waals surface area contributed by atoms with Crippen molar-refractivity contribution in [2.45, 2.75) is 13.0 Å². The van der Waals surface area contributed by atoms with Gasteiger partial charge in [-0.15, -0.1) is 0 Å². The van der Waals surface area contributed by atoms with E-state index in [-0.39, 0.29) is 12.3 Å². The number of sulfonamides is 1. The molecule has 0 fully saturated rings. The zero-order valence-electron chi connectivity index (χ0n) is 14.8. The molecule has 0 aliphatic rings. The maximum Gasteiger partial charge on any atom is 0.212 e. The molecule has 0 saturated carbocycles. The molecule has 0 radical (unpaired) electrons. The smallest absolute Gasteiger partial charge is 0.212 e. The van der Waals surface area contributed by atoms with E-state index in [2.05, 4.69) is 14.7 Å². The summed E-state index contributed by atoms with van der Waals surface area (Å²) in [6, 6.07) is 16.7. The molecule has 2 aromatic heterocycles. The monoisotopic (exact) mass is 383 g/mol. The van der Waals surface area contributed by atoms with E-state index in [0.29, 0.717) is 13.0 Å². The fourth-order valence-electron chi connectivity index (χ4n) is 2.48. The summed E-state index contributed by atoms with van der Waals surface area (Å²) in [7, 11) is -3.37. The second kappa shape index (κ2) is 9.25. The van der Waals surface area contributed by atoms with Crippen molar-refractivity contribution in [3.63, 3.8) is 0 Å². The van der Waals surface area contributed by atoms with Gasteiger partial charge in [0.1, 0.15) is 5.75 Å². The Bertz CT molecular complexity index is 948. The lowest BCUT2D eigenvalue weighted by Crippen LogP contribution is -2.26. The Balaban J connectivity index is 1.48. The fraction of sp³-hybridized carbons (Fsp3) is 0.200. The number of pyridine rings is 2. The fourth-order valence-corrected chi connectivity index (χ4v) is 3.51. The lowest BCUT2D eigenvalue weighted by Gasteiger charge is -2.09. The summed E-state index contributed by atoms with van der Waals surface area (Å²) in [5.74, 6) is 0.753. The number of hydrogen-bond donors (Lipinski definition) is 1. The molecule has 0 atom stereocenters. The average Bonchev–Trinajstić information content (AvgIpc) is 2.72. The van der Waals surface area contributed by atoms with Crippen molar-refractivity contribution in [1.29, 1.82) is 0 Å². The molecular formula is C20H21N3O3S. The van der Waals surface area contributed by atoms with Crippen LogP contribution in [0.1, 0.15) is 12.0 Å². The van der Waals surface area contributed by atoms with Crippen molar-refractivity contribution in [2.75, 3.05) is 12.4 Å². The number of ether oxygens (including phenoxy) is 1. The van der Waals surface area contributed by atoms with Gasteiger partial charge >= 0.3 is 0 Å². The molecule has 0 bridgehead atoms. The number of hydrogen-bond acceptors (Lipinski definition) is 5. The molecule has 27 heavy (non-hydrogen) atoms. The van der Waals surface area contributed by atoms with Crippen LogP contribution in [0.2, 0.25) is 0 Å². The average molecular weight is 383 g/mol. The third kappa shape index (κ3) is 6.16. The predicted octanol–water partition coefficient (Wildman–Crippen LogP) is 3.03. The van der Waals surface area contributed by atoms with Crippen LogP contribution < -0.4 is 9.46 Å². The standard InChI is InChI=1S/C20H21N3O3S/c24-27(25,13-5-12-26-19-7-2-1-3-8-19)23-15-17-9-11-22-20(14-17)18-6-4-10-21-16-18/h1-4,6-11,14,16,23H,5,12-13,15H2. The van der Waals surface area contributed by atoms with Crippen LogP contribution in [0.15, 0.2) is 73.2 Å². The zero-order valence-corrected chi connectivity index (χ0v) is 15.6. The van der Waals surface area contributed by atoms with E-state index < -0.39 is 10.0 Å². The van der Waals surface area contributed by atoms with Crippen LogP contribution in [-0.4, -0.2) is 30.7 Å². The molecule has 0 amide bonds. The SMILES string of the molecule is O=S(=O)(CCCOc1ccccc1)NCc1ccnc(-c2cccnc2)c1. The Morgan fingerprint density at radius 2 is 1.85 bits per heavy atom. The lowest BCUT2D eigenvalue weighted by atomic mass is 10.1. The van der Waals surface area contributed by atoms with Crippen molar-refractivity contribution in [3.8, 4) is 17.0 Å². The summed E-state index contributed by atoms with van der Waals surface area (Å²) in [6.07, 6.45) is 5.51. The first-order valence-corrected chi connectivity index (χ1v) is 10.3. The summed E-state index contributed by atoms with van der Waals surface area (Å²) >= 11 is 0. The molecule has 7 heteroatoms. The molecule has 0 aliphatic carbocycles. The third-order valence-corrected chi connectivity index (χ3v) is 5.26. The van der Waals surface area contributed by atoms with E-state index in [9.17, 15) is 8.42 Å². The van der Waals surface area contributed by atoms with E-state index in [1.807, 2.05) is 48.5 Å². The largest absolute Gasteiger partial charge is 0.494 e. The Morgan fingerprint density at radius 3 is 2.63 bits per heavy atom. The molecule has 6 nitrogen and oxygen atoms in total. The van der Waals surface area contributed by atoms with Gasteiger partial charge in [-0.25, -0.2) is 13.1 Å². The van der Waals surface area contributed by atoms with Crippen molar-refractivity contribution in [2.24, 2.45) is 0 Å². The van der Waals surface area contributed by atoms with Gasteiger partial charge in [0.2, 0.25) is 10.0 Å². The molecule has 0 spiro atoms. The van der Waals surface area contributed by atoms with E-state index >= 15 is 0 Å². The third-order valence-electron chi connectivity index (χ3n) is 3.85. The first-order chi connectivity index (χ1) is 13.1. The van der Waals surface area contributed by atoms with Crippen LogP contribution in [0.4, 0.5) is 0 Å². The number of rotatable bonds is 9. The molecule has 1 N–H and O–H groups in total. The second-order valence-corrected chi connectivity index (χ2v) is 7.87. The quantitative estimate of drug-likeness (QED) is 0.575. The topological polar surface area (TPSA) is 81.2 Å². The molecule has 0 unspecified atom stereocenters. The van der Waals surface area contributed by atoms with Crippen molar-refractivity contribution in [1.82, 2.24) is 14.7 Å². The summed E-state index contributed by atoms with van der Waals surface area (Å²) < 4.78 is 32.5. The Hall–Kier alpha value is -2.77. The van der Waals surface area contributed by atoms with Crippen LogP contribution in [-0.2, 0) is 16.6 Å².